The Morgan fingerprint density at radius 1 is 1.50 bits per heavy atom. The lowest BCUT2D eigenvalue weighted by Gasteiger charge is -2.36. The fourth-order valence-electron chi connectivity index (χ4n) is 1.88. The molecule has 1 saturated carbocycles. The van der Waals surface area contributed by atoms with Gasteiger partial charge in [-0.25, -0.2) is 4.98 Å². The van der Waals surface area contributed by atoms with E-state index in [0.29, 0.717) is 18.9 Å². The number of nitrogens with two attached hydrogens (primary N) is 1. The highest BCUT2D eigenvalue weighted by atomic mass is 19.4. The van der Waals surface area contributed by atoms with Gasteiger partial charge in [0.05, 0.1) is 23.0 Å². The fourth-order valence-corrected chi connectivity index (χ4v) is 1.88. The predicted molar refractivity (Wildman–Crippen MR) is 63.4 cm³/mol. The Balaban J connectivity index is 2.26. The van der Waals surface area contributed by atoms with Crippen LogP contribution >= 0.6 is 0 Å². The summed E-state index contributed by atoms with van der Waals surface area (Å²) in [6, 6.07) is 2.05. The zero-order valence-corrected chi connectivity index (χ0v) is 10.3. The second-order valence-corrected chi connectivity index (χ2v) is 4.69. The Kier molecular flexibility index (Phi) is 3.39. The summed E-state index contributed by atoms with van der Waals surface area (Å²) in [5.41, 5.74) is 2.70. The number of nitrogens with one attached hydrogen (secondary N) is 1. The number of hydrogen-bond donors (Lipinski definition) is 2. The Bertz CT molecular complexity index is 587. The number of carbonyl (C=O) groups excluding carboxylic acids is 1. The largest absolute Gasteiger partial charge is 0.419 e. The quantitative estimate of drug-likeness (QED) is 0.866. The van der Waals surface area contributed by atoms with Crippen LogP contribution in [0.15, 0.2) is 12.3 Å². The predicted octanol–water partition coefficient (Wildman–Crippen LogP) is 1.79. The molecule has 1 aliphatic rings. The maximum Gasteiger partial charge on any atom is 0.419 e. The third-order valence-corrected chi connectivity index (χ3v) is 3.25. The lowest BCUT2D eigenvalue weighted by Crippen LogP contribution is -2.56. The van der Waals surface area contributed by atoms with Crippen molar-refractivity contribution in [3.8, 4) is 6.07 Å². The van der Waals surface area contributed by atoms with Gasteiger partial charge in [0.25, 0.3) is 0 Å². The van der Waals surface area contributed by atoms with E-state index < -0.39 is 28.9 Å². The molecule has 1 aromatic heterocycles. The third kappa shape index (κ3) is 2.58. The Labute approximate surface area is 112 Å². The topological polar surface area (TPSA) is 91.8 Å². The minimum Gasteiger partial charge on any atom is -0.323 e. The lowest BCUT2D eigenvalue weighted by atomic mass is 9.77. The molecule has 106 valence electrons. The van der Waals surface area contributed by atoms with Crippen molar-refractivity contribution in [1.29, 1.82) is 5.26 Å². The van der Waals surface area contributed by atoms with Crippen LogP contribution in [0.4, 0.5) is 18.9 Å². The fraction of sp³-hybridized carbons (Fsp3) is 0.417. The van der Waals surface area contributed by atoms with Gasteiger partial charge in [-0.05, 0) is 25.3 Å². The van der Waals surface area contributed by atoms with Gasteiger partial charge < -0.3 is 11.1 Å². The molecular formula is C12H11F3N4O. The van der Waals surface area contributed by atoms with Crippen LogP contribution in [-0.4, -0.2) is 16.4 Å². The highest BCUT2D eigenvalue weighted by molar-refractivity contribution is 5.98. The molecule has 20 heavy (non-hydrogen) atoms. The van der Waals surface area contributed by atoms with Crippen LogP contribution in [0, 0.1) is 11.3 Å². The first-order valence-electron chi connectivity index (χ1n) is 5.84. The van der Waals surface area contributed by atoms with E-state index in [1.807, 2.05) is 0 Å². The van der Waals surface area contributed by atoms with Crippen molar-refractivity contribution in [2.45, 2.75) is 31.0 Å². The molecule has 0 radical (unpaired) electrons. The molecule has 0 saturated heterocycles. The minimum absolute atomic E-state index is 0.127. The van der Waals surface area contributed by atoms with E-state index in [2.05, 4.69) is 10.3 Å². The molecule has 0 aromatic carbocycles. The van der Waals surface area contributed by atoms with Crippen molar-refractivity contribution >= 4 is 11.6 Å². The van der Waals surface area contributed by atoms with E-state index in [0.717, 1.165) is 12.6 Å². The minimum atomic E-state index is -4.71. The van der Waals surface area contributed by atoms with Crippen LogP contribution in [0.25, 0.3) is 0 Å². The molecule has 1 aliphatic carbocycles. The highest BCUT2D eigenvalue weighted by Gasteiger charge is 2.40. The molecule has 0 spiro atoms. The molecule has 0 unspecified atom stereocenters. The molecule has 1 fully saturated rings. The van der Waals surface area contributed by atoms with Crippen molar-refractivity contribution in [1.82, 2.24) is 4.98 Å². The molecule has 2 rings (SSSR count). The van der Waals surface area contributed by atoms with Crippen molar-refractivity contribution in [3.63, 3.8) is 0 Å². The van der Waals surface area contributed by atoms with Crippen molar-refractivity contribution in [2.75, 3.05) is 5.32 Å². The van der Waals surface area contributed by atoms with Gasteiger partial charge >= 0.3 is 6.18 Å². The smallest absolute Gasteiger partial charge is 0.323 e. The lowest BCUT2D eigenvalue weighted by molar-refractivity contribution is -0.138. The van der Waals surface area contributed by atoms with Crippen LogP contribution < -0.4 is 11.1 Å². The molecule has 1 aromatic rings. The number of alkyl halides is 3. The summed E-state index contributed by atoms with van der Waals surface area (Å²) in [4.78, 5) is 15.2. The third-order valence-electron chi connectivity index (χ3n) is 3.25. The van der Waals surface area contributed by atoms with Gasteiger partial charge in [0.2, 0.25) is 5.91 Å². The summed E-state index contributed by atoms with van der Waals surface area (Å²) < 4.78 is 38.2. The molecular weight excluding hydrogens is 273 g/mol. The summed E-state index contributed by atoms with van der Waals surface area (Å²) in [7, 11) is 0. The molecule has 8 heteroatoms. The Hall–Kier alpha value is -2.14. The normalized spacial score (nSPS) is 16.9. The zero-order chi connectivity index (χ0) is 15.0. The monoisotopic (exact) mass is 284 g/mol. The Morgan fingerprint density at radius 3 is 2.60 bits per heavy atom. The van der Waals surface area contributed by atoms with Crippen LogP contribution in [0.1, 0.15) is 30.5 Å². The number of halogens is 3. The molecule has 5 nitrogen and oxygen atoms in total. The molecule has 0 bridgehead atoms. The second-order valence-electron chi connectivity index (χ2n) is 4.69. The van der Waals surface area contributed by atoms with Gasteiger partial charge in [-0.2, -0.15) is 18.4 Å². The summed E-state index contributed by atoms with van der Waals surface area (Å²) in [5.74, 6) is -0.539. The standard InChI is InChI=1S/C12H11F3N4O/c13-12(14,15)8-4-7(6-18-9(8)5-16)19-10(20)11(17)2-1-3-11/h4,6H,1-3,17H2,(H,19,20). The first-order valence-corrected chi connectivity index (χ1v) is 5.84. The van der Waals surface area contributed by atoms with E-state index in [1.54, 1.807) is 0 Å². The van der Waals surface area contributed by atoms with Crippen molar-refractivity contribution in [2.24, 2.45) is 5.73 Å². The summed E-state index contributed by atoms with van der Waals surface area (Å²) in [6.45, 7) is 0. The average molecular weight is 284 g/mol. The molecule has 0 aliphatic heterocycles. The number of anilines is 1. The first-order chi connectivity index (χ1) is 9.26. The number of aromatic nitrogens is 1. The van der Waals surface area contributed by atoms with E-state index in [4.69, 9.17) is 11.0 Å². The number of nitriles is 1. The van der Waals surface area contributed by atoms with E-state index in [1.165, 1.54) is 6.07 Å². The molecule has 1 heterocycles. The number of amides is 1. The average Bonchev–Trinajstić information content (AvgIpc) is 2.34. The number of pyridine rings is 1. The maximum absolute atomic E-state index is 12.7. The second kappa shape index (κ2) is 4.76. The number of hydrogen-bond acceptors (Lipinski definition) is 4. The summed E-state index contributed by atoms with van der Waals surface area (Å²) >= 11 is 0. The van der Waals surface area contributed by atoms with Gasteiger partial charge in [-0.15, -0.1) is 0 Å². The van der Waals surface area contributed by atoms with Crippen LogP contribution in [-0.2, 0) is 11.0 Å². The van der Waals surface area contributed by atoms with Gasteiger partial charge in [0, 0.05) is 0 Å². The zero-order valence-electron chi connectivity index (χ0n) is 10.3. The first kappa shape index (κ1) is 14.3. The van der Waals surface area contributed by atoms with E-state index >= 15 is 0 Å². The van der Waals surface area contributed by atoms with Gasteiger partial charge in [0.15, 0.2) is 5.69 Å². The number of rotatable bonds is 2. The van der Waals surface area contributed by atoms with Crippen molar-refractivity contribution in [3.05, 3.63) is 23.5 Å². The Morgan fingerprint density at radius 2 is 2.15 bits per heavy atom. The number of carbonyl (C=O) groups is 1. The molecule has 1 amide bonds. The van der Waals surface area contributed by atoms with Crippen LogP contribution in [0.5, 0.6) is 0 Å². The summed E-state index contributed by atoms with van der Waals surface area (Å²) in [5, 5.41) is 10.9. The van der Waals surface area contributed by atoms with Crippen LogP contribution in [0.2, 0.25) is 0 Å². The number of nitrogens with zero attached hydrogens (tertiary/aromatic N) is 2. The highest BCUT2D eigenvalue weighted by Crippen LogP contribution is 2.34. The van der Waals surface area contributed by atoms with Gasteiger partial charge in [-0.1, -0.05) is 0 Å². The summed E-state index contributed by atoms with van der Waals surface area (Å²) in [6.07, 6.45) is -1.91. The van der Waals surface area contributed by atoms with E-state index in [9.17, 15) is 18.0 Å². The SMILES string of the molecule is N#Cc1ncc(NC(=O)C2(N)CCC2)cc1C(F)(F)F. The van der Waals surface area contributed by atoms with Crippen molar-refractivity contribution < 1.29 is 18.0 Å². The molecule has 3 N–H and O–H groups in total. The van der Waals surface area contributed by atoms with Gasteiger partial charge in [0.1, 0.15) is 6.07 Å². The van der Waals surface area contributed by atoms with Gasteiger partial charge in [-0.3, -0.25) is 4.79 Å². The molecule has 0 atom stereocenters. The maximum atomic E-state index is 12.7. The van der Waals surface area contributed by atoms with E-state index in [-0.39, 0.29) is 5.69 Å². The van der Waals surface area contributed by atoms with Crippen LogP contribution in [0.3, 0.4) is 0 Å².